The molecule has 3 atom stereocenters. The van der Waals surface area contributed by atoms with E-state index in [4.69, 9.17) is 9.47 Å². The molecule has 3 fully saturated rings. The number of amides is 2. The van der Waals surface area contributed by atoms with Gasteiger partial charge in [-0.05, 0) is 12.8 Å². The molecule has 6 heteroatoms. The van der Waals surface area contributed by atoms with E-state index in [1.807, 2.05) is 0 Å². The molecule has 3 heterocycles. The first kappa shape index (κ1) is 11.1. The molecule has 6 nitrogen and oxygen atoms in total. The molecule has 3 rings (SSSR count). The summed E-state index contributed by atoms with van der Waals surface area (Å²) in [6.07, 6.45) is 0.419. The van der Waals surface area contributed by atoms with Gasteiger partial charge in [-0.2, -0.15) is 0 Å². The Morgan fingerprint density at radius 2 is 1.94 bits per heavy atom. The molecule has 0 aromatic carbocycles. The maximum atomic E-state index is 12.0. The third kappa shape index (κ3) is 1.96. The summed E-state index contributed by atoms with van der Waals surface area (Å²) in [7, 11) is 0. The molecule has 1 N–H and O–H groups in total. The van der Waals surface area contributed by atoms with Crippen LogP contribution in [0.5, 0.6) is 0 Å². The monoisotopic (exact) mass is 240 g/mol. The first-order chi connectivity index (χ1) is 8.25. The number of rotatable bonds is 2. The lowest BCUT2D eigenvalue weighted by molar-refractivity contribution is -0.171. The first-order valence-corrected chi connectivity index (χ1v) is 6.08. The van der Waals surface area contributed by atoms with Gasteiger partial charge < -0.3 is 14.8 Å². The summed E-state index contributed by atoms with van der Waals surface area (Å²) in [4.78, 5) is 25.3. The van der Waals surface area contributed by atoms with Crippen LogP contribution in [0.4, 0.5) is 0 Å². The Kier molecular flexibility index (Phi) is 2.85. The van der Waals surface area contributed by atoms with Crippen molar-refractivity contribution in [3.8, 4) is 0 Å². The van der Waals surface area contributed by atoms with Crippen LogP contribution in [0.15, 0.2) is 0 Å². The minimum Gasteiger partial charge on any atom is -0.374 e. The topological polar surface area (TPSA) is 67.9 Å². The summed E-state index contributed by atoms with van der Waals surface area (Å²) in [6.45, 7) is 2.49. The number of carbonyl (C=O) groups excluding carboxylic acids is 2. The highest BCUT2D eigenvalue weighted by molar-refractivity contribution is 6.02. The van der Waals surface area contributed by atoms with Crippen molar-refractivity contribution in [2.75, 3.05) is 26.2 Å². The fraction of sp³-hybridized carbons (Fsp3) is 0.818. The number of ether oxygens (including phenoxy) is 2. The van der Waals surface area contributed by atoms with E-state index in [9.17, 15) is 9.59 Å². The second-order valence-electron chi connectivity index (χ2n) is 4.67. The van der Waals surface area contributed by atoms with Crippen molar-refractivity contribution in [3.05, 3.63) is 0 Å². The molecule has 0 spiro atoms. The predicted octanol–water partition coefficient (Wildman–Crippen LogP) is -1.11. The number of nitrogens with zero attached hydrogens (tertiary/aromatic N) is 1. The fourth-order valence-electron chi connectivity index (χ4n) is 2.58. The van der Waals surface area contributed by atoms with Gasteiger partial charge in [-0.25, -0.2) is 0 Å². The fourth-order valence-corrected chi connectivity index (χ4v) is 2.58. The molecule has 94 valence electrons. The van der Waals surface area contributed by atoms with E-state index < -0.39 is 12.2 Å². The quantitative estimate of drug-likeness (QED) is 0.620. The second kappa shape index (κ2) is 4.36. The maximum Gasteiger partial charge on any atom is 0.258 e. The van der Waals surface area contributed by atoms with Gasteiger partial charge in [-0.3, -0.25) is 14.5 Å². The SMILES string of the molecule is O=C1C2CCC(O2)C(=O)N1CC1CNCCO1. The zero-order valence-electron chi connectivity index (χ0n) is 9.55. The number of morpholine rings is 2. The normalized spacial score (nSPS) is 37.6. The van der Waals surface area contributed by atoms with Crippen LogP contribution >= 0.6 is 0 Å². The summed E-state index contributed by atoms with van der Waals surface area (Å²) >= 11 is 0. The molecule has 2 bridgehead atoms. The van der Waals surface area contributed by atoms with Gasteiger partial charge in [0.2, 0.25) is 0 Å². The molecule has 0 saturated carbocycles. The molecule has 2 amide bonds. The molecule has 17 heavy (non-hydrogen) atoms. The summed E-state index contributed by atoms with van der Waals surface area (Å²) in [5, 5.41) is 3.19. The van der Waals surface area contributed by atoms with Crippen LogP contribution < -0.4 is 5.32 Å². The zero-order chi connectivity index (χ0) is 11.8. The lowest BCUT2D eigenvalue weighted by atomic mass is 10.2. The lowest BCUT2D eigenvalue weighted by Gasteiger charge is -2.33. The van der Waals surface area contributed by atoms with Gasteiger partial charge in [0.25, 0.3) is 11.8 Å². The number of imide groups is 1. The third-order valence-corrected chi connectivity index (χ3v) is 3.49. The number of hydrogen-bond donors (Lipinski definition) is 1. The average Bonchev–Trinajstić information content (AvgIpc) is 2.81. The van der Waals surface area contributed by atoms with Crippen molar-refractivity contribution < 1.29 is 19.1 Å². The third-order valence-electron chi connectivity index (χ3n) is 3.49. The Morgan fingerprint density at radius 3 is 2.53 bits per heavy atom. The Labute approximate surface area is 99.2 Å². The van der Waals surface area contributed by atoms with Crippen molar-refractivity contribution in [3.63, 3.8) is 0 Å². The van der Waals surface area contributed by atoms with E-state index in [1.54, 1.807) is 0 Å². The van der Waals surface area contributed by atoms with Crippen LogP contribution in [0.1, 0.15) is 12.8 Å². The standard InChI is InChI=1S/C11H16N2O4/c14-10-8-1-2-9(17-8)11(15)13(10)6-7-5-12-3-4-16-7/h7-9,12H,1-6H2. The molecule has 0 aromatic rings. The summed E-state index contributed by atoms with van der Waals surface area (Å²) in [5.41, 5.74) is 0. The zero-order valence-corrected chi connectivity index (χ0v) is 9.55. The molecule has 3 saturated heterocycles. The lowest BCUT2D eigenvalue weighted by Crippen LogP contribution is -2.56. The van der Waals surface area contributed by atoms with E-state index in [-0.39, 0.29) is 17.9 Å². The molecule has 0 radical (unpaired) electrons. The van der Waals surface area contributed by atoms with Crippen LogP contribution in [-0.4, -0.2) is 61.3 Å². The van der Waals surface area contributed by atoms with Crippen molar-refractivity contribution in [1.29, 1.82) is 0 Å². The smallest absolute Gasteiger partial charge is 0.258 e. The second-order valence-corrected chi connectivity index (χ2v) is 4.67. The van der Waals surface area contributed by atoms with Gasteiger partial charge in [0.1, 0.15) is 12.2 Å². The largest absolute Gasteiger partial charge is 0.374 e. The Morgan fingerprint density at radius 1 is 1.24 bits per heavy atom. The summed E-state index contributed by atoms with van der Waals surface area (Å²) in [6, 6.07) is 0. The van der Waals surface area contributed by atoms with Gasteiger partial charge in [0.15, 0.2) is 0 Å². The summed E-state index contributed by atoms with van der Waals surface area (Å²) < 4.78 is 10.9. The number of carbonyl (C=O) groups is 2. The number of nitrogens with one attached hydrogen (secondary N) is 1. The van der Waals surface area contributed by atoms with Crippen LogP contribution in [0, 0.1) is 0 Å². The van der Waals surface area contributed by atoms with Crippen LogP contribution in [0.3, 0.4) is 0 Å². The maximum absolute atomic E-state index is 12.0. The van der Waals surface area contributed by atoms with Gasteiger partial charge in [-0.15, -0.1) is 0 Å². The molecule has 0 aromatic heterocycles. The van der Waals surface area contributed by atoms with Crippen molar-refractivity contribution in [2.24, 2.45) is 0 Å². The first-order valence-electron chi connectivity index (χ1n) is 6.08. The van der Waals surface area contributed by atoms with Gasteiger partial charge in [0.05, 0.1) is 19.3 Å². The Hall–Kier alpha value is -0.980. The molecule has 3 unspecified atom stereocenters. The van der Waals surface area contributed by atoms with Gasteiger partial charge in [0, 0.05) is 13.1 Å². The predicted molar refractivity (Wildman–Crippen MR) is 57.2 cm³/mol. The van der Waals surface area contributed by atoms with E-state index in [2.05, 4.69) is 5.32 Å². The molecule has 3 aliphatic rings. The molecule has 3 aliphatic heterocycles. The highest BCUT2D eigenvalue weighted by Gasteiger charge is 2.46. The number of fused-ring (bicyclic) bond motifs is 2. The van der Waals surface area contributed by atoms with Crippen molar-refractivity contribution in [1.82, 2.24) is 10.2 Å². The van der Waals surface area contributed by atoms with Gasteiger partial charge >= 0.3 is 0 Å². The molecular weight excluding hydrogens is 224 g/mol. The Balaban J connectivity index is 1.68. The highest BCUT2D eigenvalue weighted by Crippen LogP contribution is 2.28. The van der Waals surface area contributed by atoms with E-state index in [1.165, 1.54) is 4.90 Å². The van der Waals surface area contributed by atoms with Gasteiger partial charge in [-0.1, -0.05) is 0 Å². The van der Waals surface area contributed by atoms with Crippen LogP contribution in [0.25, 0.3) is 0 Å². The Bertz CT molecular complexity index is 318. The molecule has 0 aliphatic carbocycles. The minimum atomic E-state index is -0.408. The van der Waals surface area contributed by atoms with E-state index >= 15 is 0 Å². The van der Waals surface area contributed by atoms with Crippen LogP contribution in [-0.2, 0) is 19.1 Å². The molecular formula is C11H16N2O4. The highest BCUT2D eigenvalue weighted by atomic mass is 16.5. The number of hydrogen-bond acceptors (Lipinski definition) is 5. The average molecular weight is 240 g/mol. The van der Waals surface area contributed by atoms with E-state index in [0.717, 1.165) is 6.54 Å². The van der Waals surface area contributed by atoms with Crippen LogP contribution in [0.2, 0.25) is 0 Å². The minimum absolute atomic E-state index is 0.0888. The summed E-state index contributed by atoms with van der Waals surface area (Å²) in [5.74, 6) is -0.393. The van der Waals surface area contributed by atoms with Crippen molar-refractivity contribution >= 4 is 11.8 Å². The van der Waals surface area contributed by atoms with E-state index in [0.29, 0.717) is 32.5 Å². The van der Waals surface area contributed by atoms with Crippen molar-refractivity contribution in [2.45, 2.75) is 31.2 Å². The number of likely N-dealkylation sites (tertiary alicyclic amines) is 1.